The van der Waals surface area contributed by atoms with Gasteiger partial charge in [-0.1, -0.05) is 17.3 Å². The number of rotatable bonds is 4. The molecular formula is C11H19N3OS. The fraction of sp³-hybridized carbons (Fsp3) is 0.818. The summed E-state index contributed by atoms with van der Waals surface area (Å²) in [6.07, 6.45) is 4.45. The van der Waals surface area contributed by atoms with Crippen LogP contribution in [0.15, 0.2) is 5.38 Å². The molecule has 0 saturated heterocycles. The predicted molar refractivity (Wildman–Crippen MR) is 64.2 cm³/mol. The average molecular weight is 241 g/mol. The third-order valence-corrected chi connectivity index (χ3v) is 3.81. The van der Waals surface area contributed by atoms with Gasteiger partial charge in [0.25, 0.3) is 0 Å². The van der Waals surface area contributed by atoms with Crippen LogP contribution in [0.25, 0.3) is 0 Å². The zero-order valence-electron chi connectivity index (χ0n) is 9.67. The molecular weight excluding hydrogens is 222 g/mol. The largest absolute Gasteiger partial charge is 0.393 e. The van der Waals surface area contributed by atoms with Crippen molar-refractivity contribution < 1.29 is 5.11 Å². The molecule has 5 heteroatoms. The SMILES string of the molecule is CN(Cc1csnn1)CC1CCCCC1O. The first-order chi connectivity index (χ1) is 7.75. The molecule has 1 aliphatic rings. The second-order valence-electron chi connectivity index (χ2n) is 4.70. The van der Waals surface area contributed by atoms with Crippen LogP contribution in [-0.4, -0.2) is 39.3 Å². The van der Waals surface area contributed by atoms with Crippen LogP contribution in [-0.2, 0) is 6.54 Å². The topological polar surface area (TPSA) is 49.2 Å². The van der Waals surface area contributed by atoms with Crippen molar-refractivity contribution in [3.05, 3.63) is 11.1 Å². The van der Waals surface area contributed by atoms with Crippen LogP contribution >= 0.6 is 11.5 Å². The molecule has 16 heavy (non-hydrogen) atoms. The smallest absolute Gasteiger partial charge is 0.0895 e. The molecule has 0 aromatic carbocycles. The van der Waals surface area contributed by atoms with Gasteiger partial charge in [0.15, 0.2) is 0 Å². The van der Waals surface area contributed by atoms with Gasteiger partial charge in [-0.15, -0.1) is 5.10 Å². The van der Waals surface area contributed by atoms with Crippen molar-refractivity contribution in [3.8, 4) is 0 Å². The summed E-state index contributed by atoms with van der Waals surface area (Å²) in [6, 6.07) is 0. The molecule has 2 unspecified atom stereocenters. The monoisotopic (exact) mass is 241 g/mol. The molecule has 0 aliphatic heterocycles. The highest BCUT2D eigenvalue weighted by Crippen LogP contribution is 2.25. The maximum Gasteiger partial charge on any atom is 0.0895 e. The van der Waals surface area contributed by atoms with Gasteiger partial charge in [-0.3, -0.25) is 0 Å². The number of nitrogens with zero attached hydrogens (tertiary/aromatic N) is 3. The second kappa shape index (κ2) is 5.70. The van der Waals surface area contributed by atoms with Crippen molar-refractivity contribution in [2.45, 2.75) is 38.3 Å². The first-order valence-corrected chi connectivity index (χ1v) is 6.72. The quantitative estimate of drug-likeness (QED) is 0.868. The van der Waals surface area contributed by atoms with Gasteiger partial charge in [0.2, 0.25) is 0 Å². The summed E-state index contributed by atoms with van der Waals surface area (Å²) in [6.45, 7) is 1.79. The van der Waals surface area contributed by atoms with Crippen molar-refractivity contribution in [1.82, 2.24) is 14.5 Å². The number of aliphatic hydroxyl groups is 1. The summed E-state index contributed by atoms with van der Waals surface area (Å²) in [5.74, 6) is 0.436. The highest BCUT2D eigenvalue weighted by Gasteiger charge is 2.24. The lowest BCUT2D eigenvalue weighted by Crippen LogP contribution is -2.34. The first-order valence-electron chi connectivity index (χ1n) is 5.88. The fourth-order valence-corrected chi connectivity index (χ4v) is 2.84. The fourth-order valence-electron chi connectivity index (χ4n) is 2.40. The van der Waals surface area contributed by atoms with Gasteiger partial charge in [0.05, 0.1) is 11.8 Å². The van der Waals surface area contributed by atoms with Gasteiger partial charge in [0, 0.05) is 18.5 Å². The lowest BCUT2D eigenvalue weighted by atomic mass is 9.86. The van der Waals surface area contributed by atoms with Crippen LogP contribution in [0.1, 0.15) is 31.4 Å². The summed E-state index contributed by atoms with van der Waals surface area (Å²) < 4.78 is 3.85. The van der Waals surface area contributed by atoms with Crippen LogP contribution < -0.4 is 0 Å². The molecule has 0 spiro atoms. The molecule has 1 N–H and O–H groups in total. The predicted octanol–water partition coefficient (Wildman–Crippen LogP) is 1.52. The molecule has 2 rings (SSSR count). The third kappa shape index (κ3) is 3.23. The molecule has 0 radical (unpaired) electrons. The highest BCUT2D eigenvalue weighted by molar-refractivity contribution is 7.03. The van der Waals surface area contributed by atoms with Crippen molar-refractivity contribution in [1.29, 1.82) is 0 Å². The van der Waals surface area contributed by atoms with E-state index in [1.807, 2.05) is 5.38 Å². The molecule has 1 saturated carbocycles. The Kier molecular flexibility index (Phi) is 4.26. The molecule has 1 aromatic rings. The minimum Gasteiger partial charge on any atom is -0.393 e. The Morgan fingerprint density at radius 2 is 2.31 bits per heavy atom. The third-order valence-electron chi connectivity index (χ3n) is 3.25. The minimum atomic E-state index is -0.107. The van der Waals surface area contributed by atoms with E-state index < -0.39 is 0 Å². The number of hydrogen-bond acceptors (Lipinski definition) is 5. The van der Waals surface area contributed by atoms with Gasteiger partial charge >= 0.3 is 0 Å². The van der Waals surface area contributed by atoms with E-state index >= 15 is 0 Å². The van der Waals surface area contributed by atoms with Gasteiger partial charge in [-0.25, -0.2) is 0 Å². The molecule has 4 nitrogen and oxygen atoms in total. The lowest BCUT2D eigenvalue weighted by Gasteiger charge is -2.30. The molecule has 0 bridgehead atoms. The van der Waals surface area contributed by atoms with Crippen LogP contribution in [0.2, 0.25) is 0 Å². The molecule has 1 aromatic heterocycles. The molecule has 1 fully saturated rings. The summed E-state index contributed by atoms with van der Waals surface area (Å²) in [7, 11) is 2.08. The van der Waals surface area contributed by atoms with Crippen LogP contribution in [0.3, 0.4) is 0 Å². The molecule has 1 aliphatic carbocycles. The van der Waals surface area contributed by atoms with Crippen LogP contribution in [0.4, 0.5) is 0 Å². The van der Waals surface area contributed by atoms with Gasteiger partial charge < -0.3 is 10.0 Å². The Bertz CT molecular complexity index is 304. The zero-order chi connectivity index (χ0) is 11.4. The van der Waals surface area contributed by atoms with E-state index in [4.69, 9.17) is 0 Å². The Hall–Kier alpha value is -0.520. The van der Waals surface area contributed by atoms with Gasteiger partial charge in [-0.2, -0.15) is 0 Å². The number of aliphatic hydroxyl groups excluding tert-OH is 1. The van der Waals surface area contributed by atoms with E-state index in [2.05, 4.69) is 21.5 Å². The highest BCUT2D eigenvalue weighted by atomic mass is 32.1. The zero-order valence-corrected chi connectivity index (χ0v) is 10.5. The summed E-state index contributed by atoms with van der Waals surface area (Å²) in [5.41, 5.74) is 1.03. The normalized spacial score (nSPS) is 26.2. The van der Waals surface area contributed by atoms with Crippen LogP contribution in [0, 0.1) is 5.92 Å². The van der Waals surface area contributed by atoms with Crippen molar-refractivity contribution in [3.63, 3.8) is 0 Å². The van der Waals surface area contributed by atoms with E-state index in [-0.39, 0.29) is 6.10 Å². The van der Waals surface area contributed by atoms with Gasteiger partial charge in [-0.05, 0) is 37.3 Å². The maximum absolute atomic E-state index is 9.89. The lowest BCUT2D eigenvalue weighted by molar-refractivity contribution is 0.0500. The number of aromatic nitrogens is 2. The Morgan fingerprint density at radius 1 is 1.50 bits per heavy atom. The van der Waals surface area contributed by atoms with E-state index in [0.29, 0.717) is 5.92 Å². The Morgan fingerprint density at radius 3 is 3.00 bits per heavy atom. The van der Waals surface area contributed by atoms with Crippen LogP contribution in [0.5, 0.6) is 0 Å². The minimum absolute atomic E-state index is 0.107. The Balaban J connectivity index is 1.79. The van der Waals surface area contributed by atoms with E-state index in [1.54, 1.807) is 0 Å². The molecule has 2 atom stereocenters. The molecule has 90 valence electrons. The summed E-state index contributed by atoms with van der Waals surface area (Å²) >= 11 is 1.39. The van der Waals surface area contributed by atoms with Gasteiger partial charge in [0.1, 0.15) is 0 Å². The number of hydrogen-bond donors (Lipinski definition) is 1. The van der Waals surface area contributed by atoms with E-state index in [9.17, 15) is 5.11 Å². The maximum atomic E-state index is 9.89. The second-order valence-corrected chi connectivity index (χ2v) is 5.31. The van der Waals surface area contributed by atoms with E-state index in [1.165, 1.54) is 24.4 Å². The average Bonchev–Trinajstić information content (AvgIpc) is 2.74. The standard InChI is InChI=1S/C11H19N3OS/c1-14(7-10-8-16-13-12-10)6-9-4-2-3-5-11(9)15/h8-9,11,15H,2-7H2,1H3. The summed E-state index contributed by atoms with van der Waals surface area (Å²) in [5, 5.41) is 15.9. The van der Waals surface area contributed by atoms with Crippen molar-refractivity contribution in [2.24, 2.45) is 5.92 Å². The van der Waals surface area contributed by atoms with E-state index in [0.717, 1.165) is 31.6 Å². The molecule has 0 amide bonds. The Labute approximate surface area is 100 Å². The molecule has 1 heterocycles. The summed E-state index contributed by atoms with van der Waals surface area (Å²) in [4.78, 5) is 2.23. The van der Waals surface area contributed by atoms with Crippen molar-refractivity contribution in [2.75, 3.05) is 13.6 Å². The first kappa shape index (κ1) is 12.0. The van der Waals surface area contributed by atoms with Crippen molar-refractivity contribution >= 4 is 11.5 Å².